The molecule has 1 aromatic heterocycles. The van der Waals surface area contributed by atoms with Crippen molar-refractivity contribution in [1.29, 1.82) is 0 Å². The summed E-state index contributed by atoms with van der Waals surface area (Å²) < 4.78 is 6.00. The molecule has 2 N–H and O–H groups in total. The van der Waals surface area contributed by atoms with Crippen LogP contribution in [0.5, 0.6) is 0 Å². The molecular formula is C8H6IN3O. The van der Waals surface area contributed by atoms with Gasteiger partial charge in [-0.2, -0.15) is 4.98 Å². The summed E-state index contributed by atoms with van der Waals surface area (Å²) in [5, 5.41) is 3.52. The van der Waals surface area contributed by atoms with Gasteiger partial charge in [-0.05, 0) is 39.9 Å². The van der Waals surface area contributed by atoms with Crippen molar-refractivity contribution >= 4 is 28.5 Å². The molecule has 0 aliphatic rings. The smallest absolute Gasteiger partial charge is 0.261 e. The summed E-state index contributed by atoms with van der Waals surface area (Å²) in [6, 6.07) is 7.74. The summed E-state index contributed by atoms with van der Waals surface area (Å²) in [6.07, 6.45) is 0. The second-order valence-electron chi connectivity index (χ2n) is 2.44. The zero-order valence-corrected chi connectivity index (χ0v) is 8.72. The SMILES string of the molecule is Nc1noc(-c2ccccc2I)n1. The average Bonchev–Trinajstić information content (AvgIpc) is 2.53. The molecular weight excluding hydrogens is 281 g/mol. The standard InChI is InChI=1S/C8H6IN3O/c9-6-4-2-1-3-5(6)7-11-8(10)12-13-7/h1-4H,(H2,10,12). The molecule has 0 saturated carbocycles. The van der Waals surface area contributed by atoms with Crippen LogP contribution in [-0.2, 0) is 0 Å². The molecule has 1 aromatic carbocycles. The molecule has 2 aromatic rings. The molecule has 5 heteroatoms. The fourth-order valence-electron chi connectivity index (χ4n) is 0.979. The fraction of sp³-hybridized carbons (Fsp3) is 0. The highest BCUT2D eigenvalue weighted by Crippen LogP contribution is 2.23. The molecule has 1 heterocycles. The van der Waals surface area contributed by atoms with Crippen LogP contribution in [0.3, 0.4) is 0 Å². The Labute approximate surface area is 88.3 Å². The van der Waals surface area contributed by atoms with Gasteiger partial charge in [-0.25, -0.2) is 0 Å². The second kappa shape index (κ2) is 3.33. The van der Waals surface area contributed by atoms with Crippen LogP contribution in [0.25, 0.3) is 11.5 Å². The Balaban J connectivity index is 2.52. The van der Waals surface area contributed by atoms with Gasteiger partial charge in [0.1, 0.15) is 0 Å². The Hall–Kier alpha value is -1.11. The van der Waals surface area contributed by atoms with E-state index in [4.69, 9.17) is 10.3 Å². The van der Waals surface area contributed by atoms with Gasteiger partial charge in [0.2, 0.25) is 0 Å². The molecule has 0 saturated heterocycles. The topological polar surface area (TPSA) is 64.9 Å². The van der Waals surface area contributed by atoms with Crippen molar-refractivity contribution in [1.82, 2.24) is 10.1 Å². The van der Waals surface area contributed by atoms with Crippen molar-refractivity contribution in [2.45, 2.75) is 0 Å². The van der Waals surface area contributed by atoms with Crippen molar-refractivity contribution in [3.63, 3.8) is 0 Å². The number of nitrogens with two attached hydrogens (primary N) is 1. The zero-order valence-electron chi connectivity index (χ0n) is 6.57. The molecule has 66 valence electrons. The summed E-state index contributed by atoms with van der Waals surface area (Å²) >= 11 is 2.20. The maximum absolute atomic E-state index is 5.35. The van der Waals surface area contributed by atoms with Crippen molar-refractivity contribution in [2.75, 3.05) is 5.73 Å². The number of halogens is 1. The van der Waals surface area contributed by atoms with Gasteiger partial charge < -0.3 is 10.3 Å². The summed E-state index contributed by atoms with van der Waals surface area (Å²) in [5.74, 6) is 0.622. The monoisotopic (exact) mass is 287 g/mol. The lowest BCUT2D eigenvalue weighted by molar-refractivity contribution is 0.433. The summed E-state index contributed by atoms with van der Waals surface area (Å²) in [5.41, 5.74) is 6.26. The van der Waals surface area contributed by atoms with Crippen LogP contribution < -0.4 is 5.73 Å². The van der Waals surface area contributed by atoms with Crippen molar-refractivity contribution in [3.8, 4) is 11.5 Å². The molecule has 4 nitrogen and oxygen atoms in total. The van der Waals surface area contributed by atoms with Gasteiger partial charge in [0.25, 0.3) is 11.8 Å². The van der Waals surface area contributed by atoms with Crippen LogP contribution in [0.1, 0.15) is 0 Å². The van der Waals surface area contributed by atoms with E-state index in [0.29, 0.717) is 5.89 Å². The number of hydrogen-bond donors (Lipinski definition) is 1. The molecule has 0 bridgehead atoms. The third-order valence-electron chi connectivity index (χ3n) is 1.55. The number of rotatable bonds is 1. The van der Waals surface area contributed by atoms with E-state index < -0.39 is 0 Å². The van der Waals surface area contributed by atoms with E-state index in [1.54, 1.807) is 0 Å². The van der Waals surface area contributed by atoms with Crippen LogP contribution in [0, 0.1) is 3.57 Å². The maximum atomic E-state index is 5.35. The Morgan fingerprint density at radius 2 is 2.08 bits per heavy atom. The molecule has 0 amide bonds. The van der Waals surface area contributed by atoms with Gasteiger partial charge in [0.05, 0.1) is 5.56 Å². The van der Waals surface area contributed by atoms with Gasteiger partial charge in [-0.15, -0.1) is 0 Å². The molecule has 0 aliphatic heterocycles. The van der Waals surface area contributed by atoms with Crippen molar-refractivity contribution in [2.24, 2.45) is 0 Å². The molecule has 0 aliphatic carbocycles. The molecule has 2 rings (SSSR count). The van der Waals surface area contributed by atoms with Crippen molar-refractivity contribution < 1.29 is 4.52 Å². The molecule has 0 atom stereocenters. The van der Waals surface area contributed by atoms with Gasteiger partial charge >= 0.3 is 0 Å². The van der Waals surface area contributed by atoms with Crippen LogP contribution in [0.2, 0.25) is 0 Å². The number of nitrogens with zero attached hydrogens (tertiary/aromatic N) is 2. The normalized spacial score (nSPS) is 10.2. The van der Waals surface area contributed by atoms with E-state index in [-0.39, 0.29) is 5.95 Å². The lowest BCUT2D eigenvalue weighted by Crippen LogP contribution is -1.86. The van der Waals surface area contributed by atoms with E-state index in [0.717, 1.165) is 9.13 Å². The Morgan fingerprint density at radius 3 is 2.69 bits per heavy atom. The molecule has 0 fully saturated rings. The Bertz CT molecular complexity index is 427. The lowest BCUT2D eigenvalue weighted by Gasteiger charge is -1.95. The third kappa shape index (κ3) is 1.64. The minimum absolute atomic E-state index is 0.162. The van der Waals surface area contributed by atoms with Crippen molar-refractivity contribution in [3.05, 3.63) is 27.8 Å². The number of benzene rings is 1. The molecule has 0 unspecified atom stereocenters. The highest BCUT2D eigenvalue weighted by Gasteiger charge is 2.08. The fourth-order valence-corrected chi connectivity index (χ4v) is 1.60. The molecule has 0 spiro atoms. The predicted molar refractivity (Wildman–Crippen MR) is 56.9 cm³/mol. The number of nitrogen functional groups attached to an aromatic ring is 1. The second-order valence-corrected chi connectivity index (χ2v) is 3.60. The van der Waals surface area contributed by atoms with Gasteiger partial charge in [-0.1, -0.05) is 12.1 Å². The quantitative estimate of drug-likeness (QED) is 0.814. The van der Waals surface area contributed by atoms with Gasteiger partial charge in [0, 0.05) is 3.57 Å². The third-order valence-corrected chi connectivity index (χ3v) is 2.49. The first kappa shape index (κ1) is 8.49. The van der Waals surface area contributed by atoms with Gasteiger partial charge in [-0.3, -0.25) is 0 Å². The van der Waals surface area contributed by atoms with E-state index in [1.165, 1.54) is 0 Å². The van der Waals surface area contributed by atoms with E-state index in [1.807, 2.05) is 24.3 Å². The largest absolute Gasteiger partial charge is 0.365 e. The first-order chi connectivity index (χ1) is 6.27. The van der Waals surface area contributed by atoms with Crippen LogP contribution in [-0.4, -0.2) is 10.1 Å². The molecule has 0 radical (unpaired) electrons. The summed E-state index contributed by atoms with van der Waals surface area (Å²) in [7, 11) is 0. The zero-order chi connectivity index (χ0) is 9.26. The summed E-state index contributed by atoms with van der Waals surface area (Å²) in [4.78, 5) is 3.94. The Morgan fingerprint density at radius 1 is 1.31 bits per heavy atom. The van der Waals surface area contributed by atoms with E-state index in [9.17, 15) is 0 Å². The van der Waals surface area contributed by atoms with Crippen LogP contribution in [0.15, 0.2) is 28.8 Å². The highest BCUT2D eigenvalue weighted by atomic mass is 127. The highest BCUT2D eigenvalue weighted by molar-refractivity contribution is 14.1. The summed E-state index contributed by atoms with van der Waals surface area (Å²) in [6.45, 7) is 0. The van der Waals surface area contributed by atoms with Crippen LogP contribution >= 0.6 is 22.6 Å². The van der Waals surface area contributed by atoms with Gasteiger partial charge in [0.15, 0.2) is 0 Å². The minimum atomic E-state index is 0.162. The predicted octanol–water partition coefficient (Wildman–Crippen LogP) is 1.92. The Kier molecular flexibility index (Phi) is 2.17. The van der Waals surface area contributed by atoms with E-state index in [2.05, 4.69) is 32.7 Å². The molecule has 13 heavy (non-hydrogen) atoms. The first-order valence-electron chi connectivity index (χ1n) is 3.61. The number of hydrogen-bond acceptors (Lipinski definition) is 4. The number of aromatic nitrogens is 2. The lowest BCUT2D eigenvalue weighted by atomic mass is 10.2. The first-order valence-corrected chi connectivity index (χ1v) is 4.69. The number of anilines is 1. The van der Waals surface area contributed by atoms with Crippen LogP contribution in [0.4, 0.5) is 5.95 Å². The average molecular weight is 287 g/mol. The maximum Gasteiger partial charge on any atom is 0.261 e. The minimum Gasteiger partial charge on any atom is -0.365 e. The van der Waals surface area contributed by atoms with E-state index >= 15 is 0 Å².